The van der Waals surface area contributed by atoms with Gasteiger partial charge in [-0.25, -0.2) is 0 Å². The van der Waals surface area contributed by atoms with Gasteiger partial charge in [0.2, 0.25) is 5.91 Å². The summed E-state index contributed by atoms with van der Waals surface area (Å²) < 4.78 is 5.71. The summed E-state index contributed by atoms with van der Waals surface area (Å²) >= 11 is 0. The molecule has 2 heterocycles. The first kappa shape index (κ1) is 13.2. The molecular formula is C16H19NO3. The topological polar surface area (TPSA) is 53.7 Å². The summed E-state index contributed by atoms with van der Waals surface area (Å²) in [5, 5.41) is 10.3. The molecule has 0 bridgehead atoms. The predicted octanol–water partition coefficient (Wildman–Crippen LogP) is 2.35. The molecule has 1 aromatic heterocycles. The third-order valence-corrected chi connectivity index (χ3v) is 3.97. The van der Waals surface area contributed by atoms with Crippen molar-refractivity contribution in [3.05, 3.63) is 36.1 Å². The van der Waals surface area contributed by atoms with E-state index < -0.39 is 0 Å². The molecule has 1 aliphatic heterocycles. The summed E-state index contributed by atoms with van der Waals surface area (Å²) in [7, 11) is 0. The number of rotatable bonds is 4. The van der Waals surface area contributed by atoms with E-state index in [2.05, 4.69) is 0 Å². The van der Waals surface area contributed by atoms with Gasteiger partial charge in [0.05, 0.1) is 12.6 Å². The molecule has 4 heteroatoms. The lowest BCUT2D eigenvalue weighted by molar-refractivity contribution is -0.132. The molecule has 1 fully saturated rings. The lowest BCUT2D eigenvalue weighted by Crippen LogP contribution is -2.37. The highest BCUT2D eigenvalue weighted by atomic mass is 16.3. The third kappa shape index (κ3) is 2.56. The molecule has 0 saturated carbocycles. The number of amides is 1. The standard InChI is InChI=1S/C16H19NO3/c18-11-13-5-3-9-17(13)16(19)8-7-14-10-12-4-1-2-6-15(12)20-14/h1-2,4,6,10,13,18H,3,5,7-9,11H2/t13-/m1/s1. The molecule has 106 valence electrons. The van der Waals surface area contributed by atoms with Crippen molar-refractivity contribution >= 4 is 16.9 Å². The van der Waals surface area contributed by atoms with Crippen LogP contribution >= 0.6 is 0 Å². The summed E-state index contributed by atoms with van der Waals surface area (Å²) in [6.45, 7) is 0.834. The van der Waals surface area contributed by atoms with E-state index in [4.69, 9.17) is 4.42 Å². The molecule has 1 amide bonds. The van der Waals surface area contributed by atoms with Gasteiger partial charge in [0.25, 0.3) is 0 Å². The van der Waals surface area contributed by atoms with Crippen molar-refractivity contribution in [2.24, 2.45) is 0 Å². The number of aliphatic hydroxyl groups excluding tert-OH is 1. The number of aryl methyl sites for hydroxylation is 1. The van der Waals surface area contributed by atoms with Crippen molar-refractivity contribution in [1.82, 2.24) is 4.90 Å². The fourth-order valence-electron chi connectivity index (χ4n) is 2.89. The van der Waals surface area contributed by atoms with Gasteiger partial charge in [-0.2, -0.15) is 0 Å². The first-order valence-electron chi connectivity index (χ1n) is 7.15. The Morgan fingerprint density at radius 3 is 3.05 bits per heavy atom. The van der Waals surface area contributed by atoms with Gasteiger partial charge < -0.3 is 14.4 Å². The van der Waals surface area contributed by atoms with Gasteiger partial charge in [0.15, 0.2) is 0 Å². The summed E-state index contributed by atoms with van der Waals surface area (Å²) in [6.07, 6.45) is 2.95. The van der Waals surface area contributed by atoms with E-state index in [0.29, 0.717) is 12.8 Å². The summed E-state index contributed by atoms with van der Waals surface area (Å²) in [6, 6.07) is 9.86. The van der Waals surface area contributed by atoms with Gasteiger partial charge in [0.1, 0.15) is 11.3 Å². The Morgan fingerprint density at radius 1 is 1.40 bits per heavy atom. The smallest absolute Gasteiger partial charge is 0.223 e. The fraction of sp³-hybridized carbons (Fsp3) is 0.438. The zero-order valence-corrected chi connectivity index (χ0v) is 11.4. The minimum absolute atomic E-state index is 0.0122. The van der Waals surface area contributed by atoms with Gasteiger partial charge in [0, 0.05) is 24.8 Å². The lowest BCUT2D eigenvalue weighted by Gasteiger charge is -2.22. The van der Waals surface area contributed by atoms with Crippen LogP contribution in [0, 0.1) is 0 Å². The Morgan fingerprint density at radius 2 is 2.25 bits per heavy atom. The van der Waals surface area contributed by atoms with Crippen LogP contribution in [0.1, 0.15) is 25.0 Å². The van der Waals surface area contributed by atoms with Crippen LogP contribution in [0.3, 0.4) is 0 Å². The lowest BCUT2D eigenvalue weighted by atomic mass is 10.2. The van der Waals surface area contributed by atoms with Crippen LogP contribution in [0.25, 0.3) is 11.0 Å². The highest BCUT2D eigenvalue weighted by Gasteiger charge is 2.27. The van der Waals surface area contributed by atoms with E-state index in [1.165, 1.54) is 0 Å². The average molecular weight is 273 g/mol. The SMILES string of the molecule is O=C(CCc1cc2ccccc2o1)N1CCC[C@@H]1CO. The second kappa shape index (κ2) is 5.67. The van der Waals surface area contributed by atoms with E-state index in [9.17, 15) is 9.90 Å². The Kier molecular flexibility index (Phi) is 3.74. The zero-order chi connectivity index (χ0) is 13.9. The van der Waals surface area contributed by atoms with Crippen LogP contribution in [0.15, 0.2) is 34.7 Å². The van der Waals surface area contributed by atoms with Crippen molar-refractivity contribution in [2.45, 2.75) is 31.7 Å². The third-order valence-electron chi connectivity index (χ3n) is 3.97. The van der Waals surface area contributed by atoms with Gasteiger partial charge >= 0.3 is 0 Å². The predicted molar refractivity (Wildman–Crippen MR) is 76.4 cm³/mol. The summed E-state index contributed by atoms with van der Waals surface area (Å²) in [4.78, 5) is 14.0. The molecule has 0 aliphatic carbocycles. The molecule has 4 nitrogen and oxygen atoms in total. The number of nitrogens with zero attached hydrogens (tertiary/aromatic N) is 1. The number of hydrogen-bond donors (Lipinski definition) is 1. The maximum Gasteiger partial charge on any atom is 0.223 e. The number of aliphatic hydroxyl groups is 1. The van der Waals surface area contributed by atoms with Crippen LogP contribution in [0.2, 0.25) is 0 Å². The monoisotopic (exact) mass is 273 g/mol. The molecular weight excluding hydrogens is 254 g/mol. The summed E-state index contributed by atoms with van der Waals surface area (Å²) in [5.74, 6) is 0.960. The molecule has 0 unspecified atom stereocenters. The van der Waals surface area contributed by atoms with Crippen LogP contribution in [0.4, 0.5) is 0 Å². The van der Waals surface area contributed by atoms with Crippen molar-refractivity contribution < 1.29 is 14.3 Å². The zero-order valence-electron chi connectivity index (χ0n) is 11.4. The van der Waals surface area contributed by atoms with Gasteiger partial charge in [-0.1, -0.05) is 18.2 Å². The van der Waals surface area contributed by atoms with Crippen LogP contribution < -0.4 is 0 Å². The molecule has 1 saturated heterocycles. The van der Waals surface area contributed by atoms with Gasteiger partial charge in [-0.15, -0.1) is 0 Å². The Bertz CT molecular complexity index is 572. The van der Waals surface area contributed by atoms with Crippen molar-refractivity contribution in [2.75, 3.05) is 13.2 Å². The second-order valence-electron chi connectivity index (χ2n) is 5.32. The van der Waals surface area contributed by atoms with Crippen molar-refractivity contribution in [3.63, 3.8) is 0 Å². The molecule has 3 rings (SSSR count). The van der Waals surface area contributed by atoms with E-state index >= 15 is 0 Å². The Balaban J connectivity index is 1.62. The number of carbonyl (C=O) groups is 1. The number of fused-ring (bicyclic) bond motifs is 1. The quantitative estimate of drug-likeness (QED) is 0.930. The number of furan rings is 1. The minimum atomic E-state index is 0.0122. The molecule has 1 atom stereocenters. The Labute approximate surface area is 118 Å². The van der Waals surface area contributed by atoms with Gasteiger partial charge in [-0.3, -0.25) is 4.79 Å². The number of carbonyl (C=O) groups excluding carboxylic acids is 1. The molecule has 1 aromatic carbocycles. The number of hydrogen-bond acceptors (Lipinski definition) is 3. The van der Waals surface area contributed by atoms with E-state index in [1.807, 2.05) is 35.2 Å². The van der Waals surface area contributed by atoms with Crippen LogP contribution in [-0.4, -0.2) is 35.1 Å². The number of benzene rings is 1. The summed E-state index contributed by atoms with van der Waals surface area (Å²) in [5.41, 5.74) is 0.865. The number of para-hydroxylation sites is 1. The normalized spacial score (nSPS) is 18.9. The second-order valence-corrected chi connectivity index (χ2v) is 5.32. The fourth-order valence-corrected chi connectivity index (χ4v) is 2.89. The van der Waals surface area contributed by atoms with Gasteiger partial charge in [-0.05, 0) is 25.0 Å². The molecule has 2 aromatic rings. The maximum atomic E-state index is 12.2. The van der Waals surface area contributed by atoms with Crippen LogP contribution in [0.5, 0.6) is 0 Å². The molecule has 0 spiro atoms. The van der Waals surface area contributed by atoms with E-state index in [-0.39, 0.29) is 18.6 Å². The maximum absolute atomic E-state index is 12.2. The first-order chi connectivity index (χ1) is 9.78. The van der Waals surface area contributed by atoms with E-state index in [1.54, 1.807) is 0 Å². The minimum Gasteiger partial charge on any atom is -0.461 e. The highest BCUT2D eigenvalue weighted by molar-refractivity contribution is 5.79. The van der Waals surface area contributed by atoms with Crippen molar-refractivity contribution in [1.29, 1.82) is 0 Å². The highest BCUT2D eigenvalue weighted by Crippen LogP contribution is 2.22. The molecule has 20 heavy (non-hydrogen) atoms. The van der Waals surface area contributed by atoms with Crippen LogP contribution in [-0.2, 0) is 11.2 Å². The van der Waals surface area contributed by atoms with Crippen molar-refractivity contribution in [3.8, 4) is 0 Å². The van der Waals surface area contributed by atoms with E-state index in [0.717, 1.165) is 36.1 Å². The largest absolute Gasteiger partial charge is 0.461 e. The Hall–Kier alpha value is -1.81. The number of likely N-dealkylation sites (tertiary alicyclic amines) is 1. The molecule has 0 radical (unpaired) electrons. The average Bonchev–Trinajstić information content (AvgIpc) is 3.10. The molecule has 1 aliphatic rings. The molecule has 1 N–H and O–H groups in total. The first-order valence-corrected chi connectivity index (χ1v) is 7.15.